The lowest BCUT2D eigenvalue weighted by Gasteiger charge is -2.44. The number of hydrogen-bond donors (Lipinski definition) is 0. The third kappa shape index (κ3) is 6.06. The molecule has 1 saturated heterocycles. The van der Waals surface area contributed by atoms with Gasteiger partial charge < -0.3 is 13.6 Å². The van der Waals surface area contributed by atoms with Crippen LogP contribution in [0.2, 0.25) is 25.2 Å². The SMILES string of the molecule is CCCC[SiH2]OC1(OCC(C)C#N)CCC[Si](C)(C)O1. The first kappa shape index (κ1) is 17.9. The van der Waals surface area contributed by atoms with E-state index in [-0.39, 0.29) is 5.92 Å². The summed E-state index contributed by atoms with van der Waals surface area (Å²) in [6.07, 6.45) is 4.33. The van der Waals surface area contributed by atoms with Gasteiger partial charge in [-0.3, -0.25) is 0 Å². The highest BCUT2D eigenvalue weighted by Crippen LogP contribution is 2.35. The standard InChI is InChI=1S/C14H29NO3Si2/c1-5-6-9-19-17-14(16-12-13(2)11-15)8-7-10-20(3,4)18-14/h13H,5-10,12,19H2,1-4H3. The lowest BCUT2D eigenvalue weighted by molar-refractivity contribution is -0.319. The molecule has 6 heteroatoms. The Kier molecular flexibility index (Phi) is 7.41. The third-order valence-electron chi connectivity index (χ3n) is 3.54. The molecule has 0 saturated carbocycles. The van der Waals surface area contributed by atoms with Crippen LogP contribution in [0.3, 0.4) is 0 Å². The first-order chi connectivity index (χ1) is 9.43. The van der Waals surface area contributed by atoms with Crippen LogP contribution in [0.25, 0.3) is 0 Å². The Morgan fingerprint density at radius 2 is 2.25 bits per heavy atom. The molecule has 2 atom stereocenters. The summed E-state index contributed by atoms with van der Waals surface area (Å²) in [4.78, 5) is 0. The summed E-state index contributed by atoms with van der Waals surface area (Å²) in [6, 6.07) is 4.53. The summed E-state index contributed by atoms with van der Waals surface area (Å²) >= 11 is 0. The van der Waals surface area contributed by atoms with Gasteiger partial charge in [-0.15, -0.1) is 0 Å². The molecule has 0 aromatic rings. The molecule has 1 heterocycles. The first-order valence-electron chi connectivity index (χ1n) is 7.81. The average Bonchev–Trinajstić information content (AvgIpc) is 2.40. The largest absolute Gasteiger partial charge is 0.377 e. The van der Waals surface area contributed by atoms with Gasteiger partial charge in [0, 0.05) is 6.42 Å². The van der Waals surface area contributed by atoms with Crippen molar-refractivity contribution in [1.82, 2.24) is 0 Å². The van der Waals surface area contributed by atoms with Crippen LogP contribution in [0.15, 0.2) is 0 Å². The van der Waals surface area contributed by atoms with E-state index in [1.165, 1.54) is 18.9 Å². The van der Waals surface area contributed by atoms with E-state index < -0.39 is 24.1 Å². The van der Waals surface area contributed by atoms with Crippen LogP contribution in [0.4, 0.5) is 0 Å². The predicted octanol–water partition coefficient (Wildman–Crippen LogP) is 3.15. The van der Waals surface area contributed by atoms with Gasteiger partial charge in [0.2, 0.25) is 0 Å². The lowest BCUT2D eigenvalue weighted by atomic mass is 10.2. The Morgan fingerprint density at radius 3 is 2.85 bits per heavy atom. The molecule has 1 aliphatic rings. The molecular formula is C14H29NO3Si2. The number of nitrogens with zero attached hydrogens (tertiary/aromatic N) is 1. The van der Waals surface area contributed by atoms with Crippen molar-refractivity contribution in [2.24, 2.45) is 5.92 Å². The summed E-state index contributed by atoms with van der Waals surface area (Å²) in [5.74, 6) is -0.956. The van der Waals surface area contributed by atoms with Gasteiger partial charge in [0.15, 0.2) is 18.1 Å². The van der Waals surface area contributed by atoms with E-state index in [4.69, 9.17) is 18.9 Å². The van der Waals surface area contributed by atoms with Crippen LogP contribution in [0, 0.1) is 17.2 Å². The number of unbranched alkanes of at least 4 members (excludes halogenated alkanes) is 1. The van der Waals surface area contributed by atoms with Crippen LogP contribution in [0.5, 0.6) is 0 Å². The molecule has 4 nitrogen and oxygen atoms in total. The van der Waals surface area contributed by atoms with Crippen molar-refractivity contribution in [1.29, 1.82) is 5.26 Å². The van der Waals surface area contributed by atoms with E-state index in [1.807, 2.05) is 6.92 Å². The average molecular weight is 316 g/mol. The highest BCUT2D eigenvalue weighted by molar-refractivity contribution is 6.71. The van der Waals surface area contributed by atoms with Crippen molar-refractivity contribution in [2.75, 3.05) is 6.61 Å². The Hall–Kier alpha value is -0.196. The fraction of sp³-hybridized carbons (Fsp3) is 0.929. The molecule has 116 valence electrons. The van der Waals surface area contributed by atoms with Crippen LogP contribution in [0.1, 0.15) is 39.5 Å². The molecule has 0 aromatic heterocycles. The number of hydrogen-bond acceptors (Lipinski definition) is 4. The molecule has 2 unspecified atom stereocenters. The highest BCUT2D eigenvalue weighted by Gasteiger charge is 2.44. The molecule has 0 aliphatic carbocycles. The van der Waals surface area contributed by atoms with Gasteiger partial charge in [-0.1, -0.05) is 19.8 Å². The maximum atomic E-state index is 8.90. The summed E-state index contributed by atoms with van der Waals surface area (Å²) in [6.45, 7) is 8.89. The molecule has 0 spiro atoms. The fourth-order valence-electron chi connectivity index (χ4n) is 2.37. The molecule has 20 heavy (non-hydrogen) atoms. The Bertz CT molecular complexity index is 333. The minimum atomic E-state index is -1.69. The van der Waals surface area contributed by atoms with Crippen molar-refractivity contribution >= 4 is 18.1 Å². The monoisotopic (exact) mass is 315 g/mol. The van der Waals surface area contributed by atoms with Gasteiger partial charge in [-0.05, 0) is 38.5 Å². The molecule has 1 rings (SSSR count). The van der Waals surface area contributed by atoms with Crippen molar-refractivity contribution in [3.05, 3.63) is 0 Å². The molecule has 1 fully saturated rings. The number of nitriles is 1. The lowest BCUT2D eigenvalue weighted by Crippen LogP contribution is -2.52. The van der Waals surface area contributed by atoms with Gasteiger partial charge in [0.25, 0.3) is 5.97 Å². The first-order valence-corrected chi connectivity index (χ1v) is 12.5. The van der Waals surface area contributed by atoms with E-state index in [9.17, 15) is 0 Å². The van der Waals surface area contributed by atoms with Gasteiger partial charge in [-0.25, -0.2) is 0 Å². The van der Waals surface area contributed by atoms with Gasteiger partial charge in [-0.2, -0.15) is 5.26 Å². The molecule has 0 aromatic carbocycles. The normalized spacial score (nSPS) is 27.6. The van der Waals surface area contributed by atoms with E-state index in [0.29, 0.717) is 6.61 Å². The molecule has 1 aliphatic heterocycles. The summed E-state index contributed by atoms with van der Waals surface area (Å²) in [7, 11) is -2.30. The second kappa shape index (κ2) is 8.30. The van der Waals surface area contributed by atoms with Crippen molar-refractivity contribution in [3.8, 4) is 6.07 Å². The number of rotatable bonds is 8. The quantitative estimate of drug-likeness (QED) is 0.392. The zero-order valence-electron chi connectivity index (χ0n) is 13.4. The minimum Gasteiger partial charge on any atom is -0.377 e. The molecule has 0 radical (unpaired) electrons. The molecular weight excluding hydrogens is 286 g/mol. The smallest absolute Gasteiger partial charge is 0.263 e. The van der Waals surface area contributed by atoms with Crippen LogP contribution in [-0.2, 0) is 13.6 Å². The fourth-order valence-corrected chi connectivity index (χ4v) is 6.12. The van der Waals surface area contributed by atoms with Crippen LogP contribution < -0.4 is 0 Å². The number of ether oxygens (including phenoxy) is 1. The Morgan fingerprint density at radius 1 is 1.50 bits per heavy atom. The topological polar surface area (TPSA) is 51.5 Å². The van der Waals surface area contributed by atoms with E-state index in [1.54, 1.807) is 0 Å². The van der Waals surface area contributed by atoms with Crippen molar-refractivity contribution in [3.63, 3.8) is 0 Å². The predicted molar refractivity (Wildman–Crippen MR) is 85.4 cm³/mol. The maximum Gasteiger partial charge on any atom is 0.263 e. The zero-order valence-corrected chi connectivity index (χ0v) is 15.8. The Balaban J connectivity index is 2.60. The summed E-state index contributed by atoms with van der Waals surface area (Å²) in [5, 5.41) is 8.90. The second-order valence-corrected chi connectivity index (χ2v) is 11.9. The second-order valence-electron chi connectivity index (χ2n) is 6.30. The summed E-state index contributed by atoms with van der Waals surface area (Å²) < 4.78 is 18.3. The van der Waals surface area contributed by atoms with Gasteiger partial charge in [0.05, 0.1) is 18.6 Å². The molecule has 0 N–H and O–H groups in total. The van der Waals surface area contributed by atoms with E-state index in [2.05, 4.69) is 26.1 Å². The third-order valence-corrected chi connectivity index (χ3v) is 7.39. The van der Waals surface area contributed by atoms with Crippen LogP contribution >= 0.6 is 0 Å². The van der Waals surface area contributed by atoms with Gasteiger partial charge in [0.1, 0.15) is 0 Å². The summed E-state index contributed by atoms with van der Waals surface area (Å²) in [5.41, 5.74) is 0. The maximum absolute atomic E-state index is 8.90. The molecule has 0 amide bonds. The van der Waals surface area contributed by atoms with E-state index in [0.717, 1.165) is 18.9 Å². The van der Waals surface area contributed by atoms with E-state index >= 15 is 0 Å². The van der Waals surface area contributed by atoms with Gasteiger partial charge >= 0.3 is 0 Å². The highest BCUT2D eigenvalue weighted by atomic mass is 28.4. The minimum absolute atomic E-state index is 0.122. The van der Waals surface area contributed by atoms with Crippen LogP contribution in [-0.4, -0.2) is 30.7 Å². The van der Waals surface area contributed by atoms with Crippen molar-refractivity contribution < 1.29 is 13.6 Å². The molecule has 0 bridgehead atoms. The Labute approximate surface area is 126 Å². The van der Waals surface area contributed by atoms with Crippen molar-refractivity contribution in [2.45, 2.75) is 70.7 Å². The zero-order chi connectivity index (χ0) is 15.1.